The van der Waals surface area contributed by atoms with Crippen LogP contribution < -0.4 is 5.32 Å². The first-order valence-corrected chi connectivity index (χ1v) is 6.67. The van der Waals surface area contributed by atoms with E-state index in [4.69, 9.17) is 0 Å². The van der Waals surface area contributed by atoms with Gasteiger partial charge in [0.05, 0.1) is 18.8 Å². The predicted octanol–water partition coefficient (Wildman–Crippen LogP) is 3.04. The molecule has 5 heteroatoms. The van der Waals surface area contributed by atoms with Crippen LogP contribution in [0.5, 0.6) is 0 Å². The summed E-state index contributed by atoms with van der Waals surface area (Å²) in [5, 5.41) is 2.73. The number of amides is 1. The lowest BCUT2D eigenvalue weighted by molar-refractivity contribution is -0.115. The first kappa shape index (κ1) is 13.7. The van der Waals surface area contributed by atoms with Gasteiger partial charge in [-0.15, -0.1) is 0 Å². The van der Waals surface area contributed by atoms with Crippen LogP contribution in [-0.2, 0) is 11.2 Å². The molecule has 1 heterocycles. The third-order valence-electron chi connectivity index (χ3n) is 2.74. The van der Waals surface area contributed by atoms with Crippen molar-refractivity contribution in [3.8, 4) is 0 Å². The van der Waals surface area contributed by atoms with E-state index >= 15 is 0 Å². The number of aromatic nitrogens is 2. The highest BCUT2D eigenvalue weighted by molar-refractivity contribution is 9.10. The second kappa shape index (κ2) is 5.93. The zero-order valence-corrected chi connectivity index (χ0v) is 12.4. The highest BCUT2D eigenvalue weighted by Crippen LogP contribution is 2.12. The Bertz CT molecular complexity index is 596. The smallest absolute Gasteiger partial charge is 0.229 e. The van der Waals surface area contributed by atoms with E-state index in [1.54, 1.807) is 6.20 Å². The molecule has 4 nitrogen and oxygen atoms in total. The fourth-order valence-corrected chi connectivity index (χ4v) is 1.93. The van der Waals surface area contributed by atoms with Crippen molar-refractivity contribution in [2.24, 2.45) is 0 Å². The van der Waals surface area contributed by atoms with Crippen molar-refractivity contribution in [2.45, 2.75) is 20.3 Å². The molecular formula is C14H14BrN3O. The molecule has 19 heavy (non-hydrogen) atoms. The second-order valence-corrected chi connectivity index (χ2v) is 5.19. The SMILES string of the molecule is Cc1ccc(C)c(CC(=O)Nc2cnc(Br)cn2)c1. The van der Waals surface area contributed by atoms with E-state index in [2.05, 4.69) is 31.2 Å². The molecule has 1 aromatic heterocycles. The molecule has 0 aliphatic heterocycles. The number of carbonyl (C=O) groups excluding carboxylic acids is 1. The summed E-state index contributed by atoms with van der Waals surface area (Å²) in [4.78, 5) is 20.0. The molecule has 98 valence electrons. The van der Waals surface area contributed by atoms with Gasteiger partial charge in [0.15, 0.2) is 5.82 Å². The van der Waals surface area contributed by atoms with Crippen LogP contribution in [0.2, 0.25) is 0 Å². The van der Waals surface area contributed by atoms with Gasteiger partial charge in [-0.3, -0.25) is 4.79 Å². The number of carbonyl (C=O) groups is 1. The van der Waals surface area contributed by atoms with Gasteiger partial charge < -0.3 is 5.32 Å². The summed E-state index contributed by atoms with van der Waals surface area (Å²) < 4.78 is 0.639. The van der Waals surface area contributed by atoms with E-state index in [0.717, 1.165) is 16.7 Å². The summed E-state index contributed by atoms with van der Waals surface area (Å²) in [5.74, 6) is 0.365. The first-order chi connectivity index (χ1) is 9.04. The van der Waals surface area contributed by atoms with Crippen molar-refractivity contribution in [3.63, 3.8) is 0 Å². The minimum Gasteiger partial charge on any atom is -0.309 e. The standard InChI is InChI=1S/C14H14BrN3O/c1-9-3-4-10(2)11(5-9)6-14(19)18-13-8-16-12(15)7-17-13/h3-5,7-8H,6H2,1-2H3,(H,17,18,19). The highest BCUT2D eigenvalue weighted by Gasteiger charge is 2.07. The van der Waals surface area contributed by atoms with E-state index < -0.39 is 0 Å². The maximum absolute atomic E-state index is 11.9. The third-order valence-corrected chi connectivity index (χ3v) is 3.15. The maximum atomic E-state index is 11.9. The highest BCUT2D eigenvalue weighted by atomic mass is 79.9. The summed E-state index contributed by atoms with van der Waals surface area (Å²) >= 11 is 3.20. The molecule has 1 amide bonds. The Hall–Kier alpha value is -1.75. The molecule has 0 saturated heterocycles. The monoisotopic (exact) mass is 319 g/mol. The maximum Gasteiger partial charge on any atom is 0.229 e. The van der Waals surface area contributed by atoms with Crippen LogP contribution in [0.4, 0.5) is 5.82 Å². The molecule has 0 spiro atoms. The van der Waals surface area contributed by atoms with Gasteiger partial charge in [0.25, 0.3) is 0 Å². The van der Waals surface area contributed by atoms with Crippen LogP contribution in [0.3, 0.4) is 0 Å². The minimum atomic E-state index is -0.0923. The molecule has 0 fully saturated rings. The van der Waals surface area contributed by atoms with Crippen LogP contribution in [-0.4, -0.2) is 15.9 Å². The molecule has 0 aliphatic rings. The van der Waals surface area contributed by atoms with Gasteiger partial charge in [-0.2, -0.15) is 0 Å². The summed E-state index contributed by atoms with van der Waals surface area (Å²) in [7, 11) is 0. The molecule has 0 atom stereocenters. The molecule has 2 rings (SSSR count). The third kappa shape index (κ3) is 3.86. The Balaban J connectivity index is 2.05. The number of halogens is 1. The lowest BCUT2D eigenvalue weighted by Gasteiger charge is -2.07. The summed E-state index contributed by atoms with van der Waals surface area (Å²) in [6.07, 6.45) is 3.41. The first-order valence-electron chi connectivity index (χ1n) is 5.88. The fraction of sp³-hybridized carbons (Fsp3) is 0.214. The van der Waals surface area contributed by atoms with E-state index in [-0.39, 0.29) is 5.91 Å². The van der Waals surface area contributed by atoms with Gasteiger partial charge >= 0.3 is 0 Å². The van der Waals surface area contributed by atoms with Crippen molar-refractivity contribution >= 4 is 27.7 Å². The number of hydrogen-bond acceptors (Lipinski definition) is 3. The van der Waals surface area contributed by atoms with Gasteiger partial charge in [0, 0.05) is 0 Å². The van der Waals surface area contributed by atoms with Crippen molar-refractivity contribution < 1.29 is 4.79 Å². The Labute approximate surface area is 120 Å². The molecule has 1 N–H and O–H groups in total. The van der Waals surface area contributed by atoms with Crippen molar-refractivity contribution in [2.75, 3.05) is 5.32 Å². The van der Waals surface area contributed by atoms with Gasteiger partial charge in [-0.1, -0.05) is 23.8 Å². The lowest BCUT2D eigenvalue weighted by Crippen LogP contribution is -2.16. The minimum absolute atomic E-state index is 0.0923. The van der Waals surface area contributed by atoms with Crippen molar-refractivity contribution in [1.82, 2.24) is 9.97 Å². The number of rotatable bonds is 3. The van der Waals surface area contributed by atoms with Crippen LogP contribution in [0.25, 0.3) is 0 Å². The number of benzene rings is 1. The Morgan fingerprint density at radius 1 is 1.26 bits per heavy atom. The summed E-state index contributed by atoms with van der Waals surface area (Å²) in [6, 6.07) is 6.09. The Morgan fingerprint density at radius 2 is 2.05 bits per heavy atom. The molecule has 0 saturated carbocycles. The normalized spacial score (nSPS) is 10.3. The number of nitrogens with zero attached hydrogens (tertiary/aromatic N) is 2. The van der Waals surface area contributed by atoms with Crippen LogP contribution in [0.15, 0.2) is 35.2 Å². The zero-order chi connectivity index (χ0) is 13.8. The fourth-order valence-electron chi connectivity index (χ4n) is 1.73. The van der Waals surface area contributed by atoms with Crippen LogP contribution in [0, 0.1) is 13.8 Å². The number of nitrogens with one attached hydrogen (secondary N) is 1. The average Bonchev–Trinajstić information content (AvgIpc) is 2.37. The van der Waals surface area contributed by atoms with E-state index in [0.29, 0.717) is 16.8 Å². The van der Waals surface area contributed by atoms with Crippen molar-refractivity contribution in [1.29, 1.82) is 0 Å². The predicted molar refractivity (Wildman–Crippen MR) is 78.0 cm³/mol. The number of aryl methyl sites for hydroxylation is 2. The van der Waals surface area contributed by atoms with Gasteiger partial charge in [0.2, 0.25) is 5.91 Å². The Morgan fingerprint density at radius 3 is 2.74 bits per heavy atom. The van der Waals surface area contributed by atoms with Crippen LogP contribution >= 0.6 is 15.9 Å². The lowest BCUT2D eigenvalue weighted by atomic mass is 10.0. The Kier molecular flexibility index (Phi) is 4.27. The second-order valence-electron chi connectivity index (χ2n) is 4.38. The summed E-state index contributed by atoms with van der Waals surface area (Å²) in [6.45, 7) is 4.02. The molecular weight excluding hydrogens is 306 g/mol. The molecule has 0 bridgehead atoms. The molecule has 0 radical (unpaired) electrons. The summed E-state index contributed by atoms with van der Waals surface area (Å²) in [5.41, 5.74) is 3.29. The largest absolute Gasteiger partial charge is 0.309 e. The number of anilines is 1. The molecule has 2 aromatic rings. The van der Waals surface area contributed by atoms with E-state index in [1.807, 2.05) is 32.0 Å². The van der Waals surface area contributed by atoms with Gasteiger partial charge in [-0.25, -0.2) is 9.97 Å². The van der Waals surface area contributed by atoms with Crippen LogP contribution in [0.1, 0.15) is 16.7 Å². The van der Waals surface area contributed by atoms with E-state index in [9.17, 15) is 4.79 Å². The van der Waals surface area contributed by atoms with Crippen molar-refractivity contribution in [3.05, 3.63) is 51.9 Å². The zero-order valence-electron chi connectivity index (χ0n) is 10.8. The number of hydrogen-bond donors (Lipinski definition) is 1. The quantitative estimate of drug-likeness (QED) is 0.946. The topological polar surface area (TPSA) is 54.9 Å². The molecule has 1 aromatic carbocycles. The van der Waals surface area contributed by atoms with Gasteiger partial charge in [0.1, 0.15) is 4.60 Å². The van der Waals surface area contributed by atoms with E-state index in [1.165, 1.54) is 6.20 Å². The van der Waals surface area contributed by atoms with Gasteiger partial charge in [-0.05, 0) is 40.9 Å². The molecule has 0 aliphatic carbocycles. The molecule has 0 unspecified atom stereocenters. The average molecular weight is 320 g/mol.